The summed E-state index contributed by atoms with van der Waals surface area (Å²) in [6.45, 7) is 0. The van der Waals surface area contributed by atoms with Gasteiger partial charge in [-0.15, -0.1) is 0 Å². The number of aryl methyl sites for hydroxylation is 1. The van der Waals surface area contributed by atoms with Crippen molar-refractivity contribution in [3.05, 3.63) is 157 Å². The fourth-order valence-corrected chi connectivity index (χ4v) is 7.21. The van der Waals surface area contributed by atoms with E-state index in [1.165, 1.54) is 11.1 Å². The predicted octanol–water partition coefficient (Wildman–Crippen LogP) is 10.6. The van der Waals surface area contributed by atoms with Crippen molar-refractivity contribution in [2.45, 2.75) is 12.8 Å². The number of benzene rings is 5. The zero-order chi connectivity index (χ0) is 32.3. The third kappa shape index (κ3) is 4.62. The van der Waals surface area contributed by atoms with Crippen LogP contribution in [0, 0.1) is 0 Å². The Morgan fingerprint density at radius 1 is 0.510 bits per heavy atom. The Labute approximate surface area is 282 Å². The van der Waals surface area contributed by atoms with Crippen LogP contribution < -0.4 is 0 Å². The quantitative estimate of drug-likeness (QED) is 0.195. The summed E-state index contributed by atoms with van der Waals surface area (Å²) < 4.78 is 2.14. The van der Waals surface area contributed by atoms with Crippen molar-refractivity contribution >= 4 is 44.6 Å². The summed E-state index contributed by atoms with van der Waals surface area (Å²) >= 11 is 0. The van der Waals surface area contributed by atoms with Gasteiger partial charge in [0.25, 0.3) is 0 Å². The Morgan fingerprint density at radius 3 is 2.14 bits per heavy atom. The highest BCUT2D eigenvalue weighted by molar-refractivity contribution is 6.09. The molecule has 230 valence electrons. The average molecular weight is 628 g/mol. The van der Waals surface area contributed by atoms with E-state index >= 15 is 0 Å². The summed E-state index contributed by atoms with van der Waals surface area (Å²) in [5, 5.41) is 2.11. The summed E-state index contributed by atoms with van der Waals surface area (Å²) in [6.07, 6.45) is 8.73. The molecule has 0 unspecified atom stereocenters. The van der Waals surface area contributed by atoms with E-state index in [2.05, 4.69) is 120 Å². The molecule has 0 fully saturated rings. The molecule has 4 heterocycles. The molecule has 0 amide bonds. The highest BCUT2D eigenvalue weighted by Crippen LogP contribution is 2.36. The molecule has 0 atom stereocenters. The lowest BCUT2D eigenvalue weighted by Gasteiger charge is -2.14. The van der Waals surface area contributed by atoms with Crippen LogP contribution >= 0.6 is 0 Å². The molecule has 10 rings (SSSR count). The van der Waals surface area contributed by atoms with E-state index in [1.807, 2.05) is 36.4 Å². The van der Waals surface area contributed by atoms with Crippen LogP contribution in [-0.4, -0.2) is 24.3 Å². The van der Waals surface area contributed by atoms with Gasteiger partial charge >= 0.3 is 0 Å². The van der Waals surface area contributed by atoms with Crippen molar-refractivity contribution in [1.29, 1.82) is 0 Å². The summed E-state index contributed by atoms with van der Waals surface area (Å²) in [5.41, 5.74) is 14.7. The monoisotopic (exact) mass is 627 g/mol. The van der Waals surface area contributed by atoms with E-state index in [0.717, 1.165) is 96.4 Å². The SMILES string of the molecule is C1=Cc2cc(-c3nc(-c4ccc(-c5cccc(-c6nc7ccccc7c7nc8ccccn8c67)c5)cc4)nc4ccccc34)ccc2CC1. The average Bonchev–Trinajstić information content (AvgIpc) is 3.57. The van der Waals surface area contributed by atoms with Crippen molar-refractivity contribution in [3.63, 3.8) is 0 Å². The molecule has 1 aliphatic carbocycles. The van der Waals surface area contributed by atoms with Crippen molar-refractivity contribution < 1.29 is 0 Å². The van der Waals surface area contributed by atoms with Crippen LogP contribution in [0.4, 0.5) is 0 Å². The third-order valence-electron chi connectivity index (χ3n) is 9.66. The van der Waals surface area contributed by atoms with Crippen LogP contribution in [0.25, 0.3) is 89.6 Å². The van der Waals surface area contributed by atoms with Crippen LogP contribution in [0.1, 0.15) is 17.5 Å². The lowest BCUT2D eigenvalue weighted by molar-refractivity contribution is 0.986. The molecule has 9 aromatic rings. The molecule has 0 spiro atoms. The second kappa shape index (κ2) is 11.1. The normalized spacial score (nSPS) is 12.7. The molecule has 0 radical (unpaired) electrons. The number of fused-ring (bicyclic) bond motifs is 7. The van der Waals surface area contributed by atoms with Crippen molar-refractivity contribution in [3.8, 4) is 45.0 Å². The molecule has 4 aromatic heterocycles. The number of para-hydroxylation sites is 2. The van der Waals surface area contributed by atoms with Crippen LogP contribution in [-0.2, 0) is 6.42 Å². The smallest absolute Gasteiger partial charge is 0.160 e. The van der Waals surface area contributed by atoms with E-state index in [0.29, 0.717) is 0 Å². The minimum absolute atomic E-state index is 0.720. The van der Waals surface area contributed by atoms with Gasteiger partial charge < -0.3 is 0 Å². The van der Waals surface area contributed by atoms with Crippen LogP contribution in [0.15, 0.2) is 146 Å². The first-order chi connectivity index (χ1) is 24.3. The van der Waals surface area contributed by atoms with Crippen molar-refractivity contribution in [1.82, 2.24) is 24.3 Å². The minimum Gasteiger partial charge on any atom is -0.298 e. The minimum atomic E-state index is 0.720. The Bertz CT molecular complexity index is 2770. The predicted molar refractivity (Wildman–Crippen MR) is 200 cm³/mol. The Morgan fingerprint density at radius 2 is 1.24 bits per heavy atom. The lowest BCUT2D eigenvalue weighted by Crippen LogP contribution is -1.98. The van der Waals surface area contributed by atoms with Crippen LogP contribution in [0.5, 0.6) is 0 Å². The van der Waals surface area contributed by atoms with Gasteiger partial charge in [0.05, 0.1) is 27.9 Å². The molecule has 5 aromatic carbocycles. The van der Waals surface area contributed by atoms with E-state index in [1.54, 1.807) is 0 Å². The summed E-state index contributed by atoms with van der Waals surface area (Å²) in [6, 6.07) is 46.6. The molecule has 5 heteroatoms. The van der Waals surface area contributed by atoms with Gasteiger partial charge in [-0.05, 0) is 71.5 Å². The maximum Gasteiger partial charge on any atom is 0.160 e. The standard InChI is InChI=1S/C44H29N5/c1-2-11-31-27-34(24-21-28(31)10-1)40-35-14-3-6-17-38(35)46-44(48-40)30-22-19-29(20-23-30)32-12-9-13-33(26-32)41-43-42(36-15-4-5-16-37(36)45-41)47-39-18-7-8-25-49(39)43/h2-9,11-27H,1,10H2. The number of hydrogen-bond donors (Lipinski definition) is 0. The van der Waals surface area contributed by atoms with Gasteiger partial charge in [-0.3, -0.25) is 4.40 Å². The van der Waals surface area contributed by atoms with Gasteiger partial charge in [-0.2, -0.15) is 0 Å². The van der Waals surface area contributed by atoms with Crippen molar-refractivity contribution in [2.24, 2.45) is 0 Å². The molecule has 0 N–H and O–H groups in total. The first-order valence-corrected chi connectivity index (χ1v) is 16.7. The van der Waals surface area contributed by atoms with Gasteiger partial charge in [0.1, 0.15) is 11.2 Å². The van der Waals surface area contributed by atoms with E-state index in [9.17, 15) is 0 Å². The lowest BCUT2D eigenvalue weighted by atomic mass is 9.94. The molecule has 0 bridgehead atoms. The molecule has 0 aliphatic heterocycles. The molecule has 49 heavy (non-hydrogen) atoms. The number of nitrogens with zero attached hydrogens (tertiary/aromatic N) is 5. The first kappa shape index (κ1) is 27.6. The molecule has 1 aliphatic rings. The molecular weight excluding hydrogens is 599 g/mol. The number of aromatic nitrogens is 5. The summed E-state index contributed by atoms with van der Waals surface area (Å²) in [5.74, 6) is 0.720. The zero-order valence-corrected chi connectivity index (χ0v) is 26.6. The Balaban J connectivity index is 1.06. The van der Waals surface area contributed by atoms with Crippen LogP contribution in [0.2, 0.25) is 0 Å². The van der Waals surface area contributed by atoms with E-state index in [-0.39, 0.29) is 0 Å². The second-order valence-corrected chi connectivity index (χ2v) is 12.6. The Hall–Kier alpha value is -6.46. The summed E-state index contributed by atoms with van der Waals surface area (Å²) in [4.78, 5) is 20.4. The third-order valence-corrected chi connectivity index (χ3v) is 9.66. The van der Waals surface area contributed by atoms with Gasteiger partial charge in [0.15, 0.2) is 5.82 Å². The number of rotatable bonds is 4. The van der Waals surface area contributed by atoms with E-state index < -0.39 is 0 Å². The number of pyridine rings is 2. The summed E-state index contributed by atoms with van der Waals surface area (Å²) in [7, 11) is 0. The maximum atomic E-state index is 5.19. The molecule has 0 saturated heterocycles. The van der Waals surface area contributed by atoms with Crippen molar-refractivity contribution in [2.75, 3.05) is 0 Å². The Kier molecular flexibility index (Phi) is 6.24. The van der Waals surface area contributed by atoms with Gasteiger partial charge in [0, 0.05) is 33.7 Å². The highest BCUT2D eigenvalue weighted by Gasteiger charge is 2.17. The highest BCUT2D eigenvalue weighted by atomic mass is 15.0. The first-order valence-electron chi connectivity index (χ1n) is 16.7. The van der Waals surface area contributed by atoms with Gasteiger partial charge in [0.2, 0.25) is 0 Å². The van der Waals surface area contributed by atoms with Gasteiger partial charge in [-0.25, -0.2) is 19.9 Å². The van der Waals surface area contributed by atoms with Crippen LogP contribution in [0.3, 0.4) is 0 Å². The fourth-order valence-electron chi connectivity index (χ4n) is 7.21. The topological polar surface area (TPSA) is 56.0 Å². The number of imidazole rings is 1. The second-order valence-electron chi connectivity index (χ2n) is 12.6. The molecule has 5 nitrogen and oxygen atoms in total. The largest absolute Gasteiger partial charge is 0.298 e. The number of allylic oxidation sites excluding steroid dienone is 1. The molecule has 0 saturated carbocycles. The maximum absolute atomic E-state index is 5.19. The van der Waals surface area contributed by atoms with Gasteiger partial charge in [-0.1, -0.05) is 109 Å². The zero-order valence-electron chi connectivity index (χ0n) is 26.6. The van der Waals surface area contributed by atoms with E-state index in [4.69, 9.17) is 19.9 Å². The number of hydrogen-bond acceptors (Lipinski definition) is 4. The molecular formula is C44H29N5. The fraction of sp³-hybridized carbons (Fsp3) is 0.0455.